The zero-order valence-electron chi connectivity index (χ0n) is 22.5. The number of benzene rings is 2. The minimum Gasteiger partial charge on any atom is -0.445 e. The van der Waals surface area contributed by atoms with Crippen molar-refractivity contribution in [1.29, 1.82) is 0 Å². The molecule has 0 radical (unpaired) electrons. The number of rotatable bonds is 13. The van der Waals surface area contributed by atoms with Gasteiger partial charge in [-0.25, -0.2) is 9.59 Å². The first-order chi connectivity index (χ1) is 19.8. The van der Waals surface area contributed by atoms with Gasteiger partial charge in [-0.15, -0.1) is 0 Å². The molecule has 0 spiro atoms. The highest BCUT2D eigenvalue weighted by molar-refractivity contribution is 7.86. The van der Waals surface area contributed by atoms with Crippen LogP contribution in [0.2, 0.25) is 0 Å². The molecule has 42 heavy (non-hydrogen) atoms. The summed E-state index contributed by atoms with van der Waals surface area (Å²) < 4.78 is 38.7. The molecule has 3 rings (SSSR count). The highest BCUT2D eigenvalue weighted by Crippen LogP contribution is 2.27. The van der Waals surface area contributed by atoms with E-state index in [4.69, 9.17) is 13.7 Å². The van der Waals surface area contributed by atoms with Crippen molar-refractivity contribution >= 4 is 33.7 Å². The molecule has 17 heteroatoms. The van der Waals surface area contributed by atoms with Crippen molar-refractivity contribution in [3.63, 3.8) is 0 Å². The molecule has 1 heterocycles. The van der Waals surface area contributed by atoms with Crippen LogP contribution in [0.25, 0.3) is 0 Å². The van der Waals surface area contributed by atoms with Crippen molar-refractivity contribution in [3.05, 3.63) is 79.9 Å². The fourth-order valence-electron chi connectivity index (χ4n) is 4.27. The Labute approximate surface area is 240 Å². The third-order valence-corrected chi connectivity index (χ3v) is 6.89. The van der Waals surface area contributed by atoms with Crippen LogP contribution in [0.1, 0.15) is 30.4 Å². The number of nitro groups is 2. The average Bonchev–Trinajstić information content (AvgIpc) is 3.35. The lowest BCUT2D eigenvalue weighted by Gasteiger charge is -2.27. The number of amides is 2. The second-order valence-corrected chi connectivity index (χ2v) is 11.1. The first kappa shape index (κ1) is 32.2. The predicted molar refractivity (Wildman–Crippen MR) is 145 cm³/mol. The molecule has 0 aliphatic carbocycles. The SMILES string of the molecule is CS(=O)(=O)O[C@@H]1C[C@@H]([C@H](O)CCCNC(=O)OCc2ccc([N+](=O)[O-])cc2)N(C(=O)OCc2ccc([N+](=O)[O-])cc2)C1. The molecule has 2 aromatic carbocycles. The van der Waals surface area contributed by atoms with Crippen LogP contribution in [-0.4, -0.2) is 78.1 Å². The molecule has 0 bridgehead atoms. The number of nitro benzene ring substituents is 2. The molecule has 0 saturated carbocycles. The molecular weight excluding hydrogens is 580 g/mol. The Hall–Kier alpha value is -4.35. The second kappa shape index (κ2) is 14.5. The van der Waals surface area contributed by atoms with Gasteiger partial charge in [-0.2, -0.15) is 8.42 Å². The summed E-state index contributed by atoms with van der Waals surface area (Å²) in [4.78, 5) is 46.4. The number of ether oxygens (including phenoxy) is 2. The van der Waals surface area contributed by atoms with Gasteiger partial charge in [-0.3, -0.25) is 29.3 Å². The molecule has 2 aromatic rings. The fourth-order valence-corrected chi connectivity index (χ4v) is 4.90. The summed E-state index contributed by atoms with van der Waals surface area (Å²) in [7, 11) is -3.84. The number of aliphatic hydroxyl groups excluding tert-OH is 1. The summed E-state index contributed by atoms with van der Waals surface area (Å²) in [5.74, 6) is 0. The van der Waals surface area contributed by atoms with Gasteiger partial charge in [-0.05, 0) is 54.7 Å². The summed E-state index contributed by atoms with van der Waals surface area (Å²) in [6, 6.07) is 10.1. The van der Waals surface area contributed by atoms with E-state index < -0.39 is 50.4 Å². The van der Waals surface area contributed by atoms with Gasteiger partial charge in [0.05, 0.1) is 40.9 Å². The smallest absolute Gasteiger partial charge is 0.410 e. The number of carbonyl (C=O) groups is 2. The molecule has 3 atom stereocenters. The van der Waals surface area contributed by atoms with E-state index >= 15 is 0 Å². The predicted octanol–water partition coefficient (Wildman–Crippen LogP) is 2.63. The number of aliphatic hydroxyl groups is 1. The van der Waals surface area contributed by atoms with Crippen molar-refractivity contribution < 1.29 is 46.6 Å². The van der Waals surface area contributed by atoms with Crippen LogP contribution >= 0.6 is 0 Å². The largest absolute Gasteiger partial charge is 0.445 e. The van der Waals surface area contributed by atoms with E-state index in [1.54, 1.807) is 0 Å². The highest BCUT2D eigenvalue weighted by atomic mass is 32.2. The zero-order valence-corrected chi connectivity index (χ0v) is 23.3. The number of likely N-dealkylation sites (tertiary alicyclic amines) is 1. The maximum Gasteiger partial charge on any atom is 0.410 e. The summed E-state index contributed by atoms with van der Waals surface area (Å²) in [6.45, 7) is -0.343. The van der Waals surface area contributed by atoms with Crippen LogP contribution in [0, 0.1) is 20.2 Å². The van der Waals surface area contributed by atoms with Gasteiger partial charge < -0.3 is 19.9 Å². The number of hydrogen-bond donors (Lipinski definition) is 2. The number of alkyl carbamates (subject to hydrolysis) is 1. The van der Waals surface area contributed by atoms with Crippen LogP contribution < -0.4 is 5.32 Å². The van der Waals surface area contributed by atoms with Crippen molar-refractivity contribution in [2.75, 3.05) is 19.3 Å². The zero-order chi connectivity index (χ0) is 30.9. The Morgan fingerprint density at radius 2 is 1.52 bits per heavy atom. The molecule has 1 fully saturated rings. The lowest BCUT2D eigenvalue weighted by molar-refractivity contribution is -0.385. The van der Waals surface area contributed by atoms with Crippen molar-refractivity contribution in [2.24, 2.45) is 0 Å². The van der Waals surface area contributed by atoms with Gasteiger partial charge in [-0.1, -0.05) is 0 Å². The quantitative estimate of drug-likeness (QED) is 0.145. The van der Waals surface area contributed by atoms with E-state index in [9.17, 15) is 43.3 Å². The Bertz CT molecular complexity index is 1370. The topological polar surface area (TPSA) is 218 Å². The summed E-state index contributed by atoms with van der Waals surface area (Å²) >= 11 is 0. The van der Waals surface area contributed by atoms with Gasteiger partial charge in [0.1, 0.15) is 13.2 Å². The van der Waals surface area contributed by atoms with Crippen molar-refractivity contribution in [2.45, 2.75) is 50.7 Å². The van der Waals surface area contributed by atoms with Gasteiger partial charge in [0.15, 0.2) is 0 Å². The lowest BCUT2D eigenvalue weighted by Crippen LogP contribution is -2.43. The minimum absolute atomic E-state index is 0.0194. The molecule has 1 aliphatic heterocycles. The maximum absolute atomic E-state index is 12.9. The van der Waals surface area contributed by atoms with Crippen LogP contribution in [0.5, 0.6) is 0 Å². The van der Waals surface area contributed by atoms with E-state index in [2.05, 4.69) is 5.32 Å². The van der Waals surface area contributed by atoms with Gasteiger partial charge in [0.2, 0.25) is 0 Å². The lowest BCUT2D eigenvalue weighted by atomic mass is 10.0. The maximum atomic E-state index is 12.9. The van der Waals surface area contributed by atoms with Crippen LogP contribution in [0.15, 0.2) is 48.5 Å². The summed E-state index contributed by atoms with van der Waals surface area (Å²) in [6.07, 6.45) is -2.27. The normalized spacial score (nSPS) is 17.3. The highest BCUT2D eigenvalue weighted by Gasteiger charge is 2.41. The van der Waals surface area contributed by atoms with E-state index in [1.165, 1.54) is 53.4 Å². The third-order valence-electron chi connectivity index (χ3n) is 6.27. The van der Waals surface area contributed by atoms with E-state index in [-0.39, 0.29) is 56.9 Å². The summed E-state index contributed by atoms with van der Waals surface area (Å²) in [5.41, 5.74) is 0.829. The minimum atomic E-state index is -3.84. The third kappa shape index (κ3) is 9.93. The number of nitrogens with zero attached hydrogens (tertiary/aromatic N) is 3. The van der Waals surface area contributed by atoms with E-state index in [0.717, 1.165) is 6.26 Å². The molecule has 16 nitrogen and oxygen atoms in total. The van der Waals surface area contributed by atoms with Gasteiger partial charge in [0.25, 0.3) is 21.5 Å². The molecule has 0 aromatic heterocycles. The first-order valence-electron chi connectivity index (χ1n) is 12.7. The van der Waals surface area contributed by atoms with Gasteiger partial charge >= 0.3 is 12.2 Å². The number of hydrogen-bond acceptors (Lipinski definition) is 12. The Morgan fingerprint density at radius 3 is 2.02 bits per heavy atom. The fraction of sp³-hybridized carbons (Fsp3) is 0.440. The Balaban J connectivity index is 1.48. The number of non-ortho nitro benzene ring substituents is 2. The van der Waals surface area contributed by atoms with E-state index in [1.807, 2.05) is 0 Å². The van der Waals surface area contributed by atoms with Gasteiger partial charge in [0, 0.05) is 30.8 Å². The molecular formula is C25H30N4O12S. The second-order valence-electron chi connectivity index (χ2n) is 9.49. The first-order valence-corrected chi connectivity index (χ1v) is 14.5. The summed E-state index contributed by atoms with van der Waals surface area (Å²) in [5, 5.41) is 34.9. The van der Waals surface area contributed by atoms with Crippen molar-refractivity contribution in [1.82, 2.24) is 10.2 Å². The molecule has 0 unspecified atom stereocenters. The van der Waals surface area contributed by atoms with Crippen molar-refractivity contribution in [3.8, 4) is 0 Å². The number of nitrogens with one attached hydrogen (secondary N) is 1. The Morgan fingerprint density at radius 1 is 1.00 bits per heavy atom. The molecule has 1 saturated heterocycles. The van der Waals surface area contributed by atoms with Crippen LogP contribution in [-0.2, 0) is 37.0 Å². The van der Waals surface area contributed by atoms with E-state index in [0.29, 0.717) is 11.1 Å². The monoisotopic (exact) mass is 610 g/mol. The average molecular weight is 611 g/mol. The number of carbonyl (C=O) groups excluding carboxylic acids is 2. The standard InChI is InChI=1S/C25H30N4O12S/c1-42(37,38)41-21-13-22(27(14-21)25(32)40-16-18-6-10-20(11-7-18)29(35)36)23(30)3-2-12-26-24(31)39-15-17-4-8-19(9-5-17)28(33)34/h4-11,21-23,30H,2-3,12-16H2,1H3,(H,26,31)/t21-,22+,23-/m1/s1. The van der Waals surface area contributed by atoms with Crippen LogP contribution in [0.4, 0.5) is 21.0 Å². The molecule has 1 aliphatic rings. The molecule has 228 valence electrons. The molecule has 2 amide bonds. The Kier molecular flexibility index (Phi) is 11.1. The molecule has 2 N–H and O–H groups in total. The van der Waals surface area contributed by atoms with Crippen LogP contribution in [0.3, 0.4) is 0 Å².